The summed E-state index contributed by atoms with van der Waals surface area (Å²) < 4.78 is 31.5. The molecule has 0 amide bonds. The molecule has 0 heterocycles. The van der Waals surface area contributed by atoms with Gasteiger partial charge in [0.15, 0.2) is 0 Å². The molecular formula is C6H10O6S. The fourth-order valence-electron chi connectivity index (χ4n) is 0.596. The highest BCUT2D eigenvalue weighted by Crippen LogP contribution is 2.02. The predicted octanol–water partition coefficient (Wildman–Crippen LogP) is -0.0524. The van der Waals surface area contributed by atoms with Gasteiger partial charge in [-0.2, -0.15) is 8.42 Å². The van der Waals surface area contributed by atoms with Crippen LogP contribution in [0.1, 0.15) is 20.3 Å². The second kappa shape index (κ2) is 4.33. The Morgan fingerprint density at radius 1 is 1.38 bits per heavy atom. The smallest absolute Gasteiger partial charge is 0.317 e. The van der Waals surface area contributed by atoms with Crippen LogP contribution in [0.15, 0.2) is 0 Å². The van der Waals surface area contributed by atoms with Gasteiger partial charge in [-0.1, -0.05) is 13.8 Å². The van der Waals surface area contributed by atoms with Crippen molar-refractivity contribution >= 4 is 22.2 Å². The van der Waals surface area contributed by atoms with Crippen molar-refractivity contribution in [2.75, 3.05) is 0 Å². The molecule has 0 aromatic carbocycles. The maximum absolute atomic E-state index is 10.8. The SMILES string of the molecule is CC(C)CC(=O)C(=O)OS(=O)(=O)O. The fourth-order valence-corrected chi connectivity index (χ4v) is 0.880. The third-order valence-electron chi connectivity index (χ3n) is 1.00. The molecule has 0 aromatic rings. The van der Waals surface area contributed by atoms with E-state index >= 15 is 0 Å². The van der Waals surface area contributed by atoms with Crippen LogP contribution >= 0.6 is 0 Å². The molecule has 13 heavy (non-hydrogen) atoms. The fraction of sp³-hybridized carbons (Fsp3) is 0.667. The van der Waals surface area contributed by atoms with Crippen molar-refractivity contribution in [3.63, 3.8) is 0 Å². The predicted molar refractivity (Wildman–Crippen MR) is 42.1 cm³/mol. The summed E-state index contributed by atoms with van der Waals surface area (Å²) in [5, 5.41) is 0. The van der Waals surface area contributed by atoms with E-state index in [1.165, 1.54) is 0 Å². The van der Waals surface area contributed by atoms with Crippen molar-refractivity contribution in [3.8, 4) is 0 Å². The minimum atomic E-state index is -4.87. The molecule has 0 aliphatic heterocycles. The zero-order valence-electron chi connectivity index (χ0n) is 7.18. The van der Waals surface area contributed by atoms with Gasteiger partial charge in [-0.05, 0) is 5.92 Å². The van der Waals surface area contributed by atoms with E-state index in [0.717, 1.165) is 0 Å². The maximum Gasteiger partial charge on any atom is 0.449 e. The molecule has 0 spiro atoms. The summed E-state index contributed by atoms with van der Waals surface area (Å²) in [7, 11) is -4.87. The van der Waals surface area contributed by atoms with Crippen LogP contribution in [-0.4, -0.2) is 24.7 Å². The molecule has 6 nitrogen and oxygen atoms in total. The lowest BCUT2D eigenvalue weighted by molar-refractivity contribution is -0.147. The lowest BCUT2D eigenvalue weighted by Crippen LogP contribution is -2.22. The summed E-state index contributed by atoms with van der Waals surface area (Å²) in [4.78, 5) is 21.4. The van der Waals surface area contributed by atoms with E-state index < -0.39 is 22.2 Å². The Balaban J connectivity index is 4.22. The molecule has 0 unspecified atom stereocenters. The number of hydrogen-bond acceptors (Lipinski definition) is 5. The highest BCUT2D eigenvalue weighted by atomic mass is 32.3. The van der Waals surface area contributed by atoms with Crippen LogP contribution in [0.25, 0.3) is 0 Å². The van der Waals surface area contributed by atoms with Crippen LogP contribution < -0.4 is 0 Å². The van der Waals surface area contributed by atoms with Gasteiger partial charge in [-0.15, -0.1) is 0 Å². The number of carbonyl (C=O) groups is 2. The molecule has 0 aliphatic carbocycles. The highest BCUT2D eigenvalue weighted by molar-refractivity contribution is 7.81. The van der Waals surface area contributed by atoms with E-state index in [1.807, 2.05) is 0 Å². The molecule has 1 N–H and O–H groups in total. The van der Waals surface area contributed by atoms with Gasteiger partial charge >= 0.3 is 16.4 Å². The monoisotopic (exact) mass is 210 g/mol. The second-order valence-corrected chi connectivity index (χ2v) is 3.84. The number of Topliss-reactive ketones (excluding diaryl/α,β-unsaturated/α-hetero) is 1. The van der Waals surface area contributed by atoms with Gasteiger partial charge in [-0.3, -0.25) is 9.35 Å². The summed E-state index contributed by atoms with van der Waals surface area (Å²) in [5.74, 6) is -2.62. The Morgan fingerprint density at radius 2 is 1.85 bits per heavy atom. The van der Waals surface area contributed by atoms with Gasteiger partial charge in [0.2, 0.25) is 5.78 Å². The first-order valence-corrected chi connectivity index (χ1v) is 4.83. The molecule has 0 atom stereocenters. The number of ketones is 1. The van der Waals surface area contributed by atoms with Gasteiger partial charge in [0, 0.05) is 6.42 Å². The number of hydrogen-bond donors (Lipinski definition) is 1. The Labute approximate surface area is 75.8 Å². The van der Waals surface area contributed by atoms with Gasteiger partial charge in [0.25, 0.3) is 0 Å². The average molecular weight is 210 g/mol. The minimum Gasteiger partial charge on any atom is -0.317 e. The lowest BCUT2D eigenvalue weighted by atomic mass is 10.1. The summed E-state index contributed by atoms with van der Waals surface area (Å²) >= 11 is 0. The number of carbonyl (C=O) groups excluding carboxylic acids is 2. The Hall–Kier alpha value is -0.950. The molecule has 0 saturated carbocycles. The molecule has 7 heteroatoms. The largest absolute Gasteiger partial charge is 0.449 e. The summed E-state index contributed by atoms with van der Waals surface area (Å²) in [6.07, 6.45) is -0.117. The Bertz CT molecular complexity index is 301. The van der Waals surface area contributed by atoms with Crippen molar-refractivity contribution in [2.45, 2.75) is 20.3 Å². The van der Waals surface area contributed by atoms with Gasteiger partial charge < -0.3 is 4.18 Å². The van der Waals surface area contributed by atoms with E-state index in [-0.39, 0.29) is 12.3 Å². The van der Waals surface area contributed by atoms with Crippen LogP contribution in [0.3, 0.4) is 0 Å². The van der Waals surface area contributed by atoms with Crippen molar-refractivity contribution < 1.29 is 26.7 Å². The Kier molecular flexibility index (Phi) is 4.02. The van der Waals surface area contributed by atoms with E-state index in [0.29, 0.717) is 0 Å². The van der Waals surface area contributed by atoms with Gasteiger partial charge in [0.05, 0.1) is 0 Å². The third-order valence-corrected chi connectivity index (χ3v) is 1.36. The van der Waals surface area contributed by atoms with E-state index in [1.54, 1.807) is 13.8 Å². The van der Waals surface area contributed by atoms with Crippen LogP contribution in [0.4, 0.5) is 0 Å². The summed E-state index contributed by atoms with van der Waals surface area (Å²) in [6, 6.07) is 0. The minimum absolute atomic E-state index is 0.0820. The molecule has 0 fully saturated rings. The van der Waals surface area contributed by atoms with Crippen molar-refractivity contribution in [2.24, 2.45) is 5.92 Å². The van der Waals surface area contributed by atoms with Crippen LogP contribution in [0.5, 0.6) is 0 Å². The first-order valence-electron chi connectivity index (χ1n) is 3.46. The first-order chi connectivity index (χ1) is 5.72. The molecule has 0 saturated heterocycles. The van der Waals surface area contributed by atoms with E-state index in [2.05, 4.69) is 4.18 Å². The average Bonchev–Trinajstić information content (AvgIpc) is 1.81. The zero-order valence-corrected chi connectivity index (χ0v) is 8.00. The third kappa shape index (κ3) is 6.23. The quantitative estimate of drug-likeness (QED) is 0.516. The normalized spacial score (nSPS) is 11.4. The van der Waals surface area contributed by atoms with Crippen molar-refractivity contribution in [3.05, 3.63) is 0 Å². The number of rotatable bonds is 4. The van der Waals surface area contributed by atoms with Gasteiger partial charge in [-0.25, -0.2) is 4.79 Å². The molecular weight excluding hydrogens is 200 g/mol. The molecule has 0 radical (unpaired) electrons. The molecule has 0 rings (SSSR count). The molecule has 0 aromatic heterocycles. The topological polar surface area (TPSA) is 97.7 Å². The van der Waals surface area contributed by atoms with Crippen molar-refractivity contribution in [1.82, 2.24) is 0 Å². The first kappa shape index (κ1) is 12.0. The summed E-state index contributed by atoms with van der Waals surface area (Å²) in [5.41, 5.74) is 0. The van der Waals surface area contributed by atoms with Crippen molar-refractivity contribution in [1.29, 1.82) is 0 Å². The van der Waals surface area contributed by atoms with Crippen LogP contribution in [-0.2, 0) is 24.2 Å². The lowest BCUT2D eigenvalue weighted by Gasteiger charge is -2.01. The van der Waals surface area contributed by atoms with Crippen LogP contribution in [0, 0.1) is 5.92 Å². The second-order valence-electron chi connectivity index (χ2n) is 2.82. The highest BCUT2D eigenvalue weighted by Gasteiger charge is 2.22. The molecule has 76 valence electrons. The zero-order chi connectivity index (χ0) is 10.6. The standard InChI is InChI=1S/C6H10O6S/c1-4(2)3-5(7)6(8)12-13(9,10)11/h4H,3H2,1-2H3,(H,9,10,11). The summed E-state index contributed by atoms with van der Waals surface area (Å²) in [6.45, 7) is 3.36. The van der Waals surface area contributed by atoms with E-state index in [4.69, 9.17) is 4.55 Å². The maximum atomic E-state index is 10.8. The van der Waals surface area contributed by atoms with E-state index in [9.17, 15) is 18.0 Å². The Morgan fingerprint density at radius 3 is 2.15 bits per heavy atom. The van der Waals surface area contributed by atoms with Gasteiger partial charge in [0.1, 0.15) is 0 Å². The molecule has 0 aliphatic rings. The van der Waals surface area contributed by atoms with Crippen LogP contribution in [0.2, 0.25) is 0 Å². The molecule has 0 bridgehead atoms.